The maximum Gasteiger partial charge on any atom is 0.147 e. The monoisotopic (exact) mass is 395 g/mol. The number of fused-ring (bicyclic) bond motifs is 2. The minimum Gasteiger partial charge on any atom is -0.300 e. The van der Waals surface area contributed by atoms with Gasteiger partial charge >= 0.3 is 0 Å². The molecule has 0 amide bonds. The Hall–Kier alpha value is -1.75. The van der Waals surface area contributed by atoms with Crippen LogP contribution in [0.4, 0.5) is 0 Å². The second-order valence-electron chi connectivity index (χ2n) is 7.69. The van der Waals surface area contributed by atoms with Crippen LogP contribution < -0.4 is 0 Å². The predicted octanol–water partition coefficient (Wildman–Crippen LogP) is 5.59. The van der Waals surface area contributed by atoms with Crippen molar-refractivity contribution in [3.05, 3.63) is 70.2 Å². The van der Waals surface area contributed by atoms with E-state index in [1.54, 1.807) is 11.3 Å². The number of benzene rings is 2. The van der Waals surface area contributed by atoms with Crippen LogP contribution in [0.3, 0.4) is 0 Å². The smallest absolute Gasteiger partial charge is 0.147 e. The molecule has 3 aromatic rings. The van der Waals surface area contributed by atoms with Gasteiger partial charge in [0.05, 0.1) is 0 Å². The molecule has 1 aromatic heterocycles. The Morgan fingerprint density at radius 3 is 2.56 bits per heavy atom. The summed E-state index contributed by atoms with van der Waals surface area (Å²) in [5.74, 6) is 0.873. The second-order valence-corrected chi connectivity index (χ2v) is 9.14. The van der Waals surface area contributed by atoms with Crippen molar-refractivity contribution in [3.8, 4) is 10.6 Å². The van der Waals surface area contributed by atoms with Crippen molar-refractivity contribution in [1.29, 1.82) is 0 Å². The van der Waals surface area contributed by atoms with Gasteiger partial charge in [-0.2, -0.15) is 0 Å². The SMILES string of the molecule is CN1C2CCC1C(c1nnc(-c3ccccc3)s1)[C@@H](c1ccc(Cl)cc1)C2. The molecule has 27 heavy (non-hydrogen) atoms. The Kier molecular flexibility index (Phi) is 4.50. The summed E-state index contributed by atoms with van der Waals surface area (Å²) in [6, 6.07) is 20.0. The van der Waals surface area contributed by atoms with Crippen LogP contribution in [0, 0.1) is 0 Å². The number of nitrogens with zero attached hydrogens (tertiary/aromatic N) is 3. The van der Waals surface area contributed by atoms with Crippen molar-refractivity contribution in [1.82, 2.24) is 15.1 Å². The molecule has 4 atom stereocenters. The van der Waals surface area contributed by atoms with E-state index in [9.17, 15) is 0 Å². The predicted molar refractivity (Wildman–Crippen MR) is 111 cm³/mol. The van der Waals surface area contributed by atoms with Crippen molar-refractivity contribution < 1.29 is 0 Å². The van der Waals surface area contributed by atoms with Crippen molar-refractivity contribution >= 4 is 22.9 Å². The molecule has 2 aliphatic rings. The summed E-state index contributed by atoms with van der Waals surface area (Å²) in [7, 11) is 2.28. The fourth-order valence-corrected chi connectivity index (χ4v) is 6.12. The Morgan fingerprint density at radius 1 is 1.00 bits per heavy atom. The van der Waals surface area contributed by atoms with E-state index in [4.69, 9.17) is 11.6 Å². The number of halogens is 1. The third kappa shape index (κ3) is 3.10. The van der Waals surface area contributed by atoms with Crippen LogP contribution in [0.25, 0.3) is 10.6 Å². The van der Waals surface area contributed by atoms with E-state index in [1.807, 2.05) is 18.2 Å². The zero-order valence-electron chi connectivity index (χ0n) is 15.3. The molecule has 0 N–H and O–H groups in total. The number of rotatable bonds is 3. The third-order valence-corrected chi connectivity index (χ3v) is 7.64. The molecular weight excluding hydrogens is 374 g/mol. The molecule has 2 fully saturated rings. The lowest BCUT2D eigenvalue weighted by Crippen LogP contribution is -2.44. The van der Waals surface area contributed by atoms with Crippen molar-refractivity contribution in [2.75, 3.05) is 7.05 Å². The van der Waals surface area contributed by atoms with E-state index in [0.29, 0.717) is 23.9 Å². The molecule has 3 heterocycles. The summed E-state index contributed by atoms with van der Waals surface area (Å²) in [4.78, 5) is 2.58. The third-order valence-electron chi connectivity index (χ3n) is 6.31. The van der Waals surface area contributed by atoms with Gasteiger partial charge in [-0.1, -0.05) is 65.4 Å². The van der Waals surface area contributed by atoms with E-state index in [2.05, 4.69) is 58.5 Å². The molecule has 2 saturated heterocycles. The molecule has 0 saturated carbocycles. The quantitative estimate of drug-likeness (QED) is 0.578. The number of hydrogen-bond donors (Lipinski definition) is 0. The normalized spacial score (nSPS) is 27.8. The first-order chi connectivity index (χ1) is 13.2. The van der Waals surface area contributed by atoms with Gasteiger partial charge in [0.25, 0.3) is 0 Å². The van der Waals surface area contributed by atoms with Crippen LogP contribution in [0.1, 0.15) is 41.7 Å². The number of aromatic nitrogens is 2. The molecular formula is C22H22ClN3S. The van der Waals surface area contributed by atoms with E-state index in [-0.39, 0.29) is 0 Å². The van der Waals surface area contributed by atoms with E-state index < -0.39 is 0 Å². The molecule has 0 spiro atoms. The maximum absolute atomic E-state index is 6.14. The van der Waals surface area contributed by atoms with Gasteiger partial charge in [0.15, 0.2) is 0 Å². The van der Waals surface area contributed by atoms with Gasteiger partial charge in [-0.3, -0.25) is 4.90 Å². The van der Waals surface area contributed by atoms with Crippen molar-refractivity contribution in [2.24, 2.45) is 0 Å². The average molecular weight is 396 g/mol. The first kappa shape index (κ1) is 17.4. The van der Waals surface area contributed by atoms with Gasteiger partial charge in [0.2, 0.25) is 0 Å². The minimum atomic E-state index is 0.393. The highest BCUT2D eigenvalue weighted by Gasteiger charge is 2.47. The maximum atomic E-state index is 6.14. The standard InChI is InChI=1S/C22H22ClN3S/c1-26-17-11-12-19(26)20(18(13-17)14-7-9-16(23)10-8-14)22-25-24-21(27-22)15-5-3-2-4-6-15/h2-10,17-20H,11-13H2,1H3/t17?,18-,19?,20?/m1/s1. The van der Waals surface area contributed by atoms with E-state index in [0.717, 1.165) is 15.6 Å². The first-order valence-electron chi connectivity index (χ1n) is 9.57. The summed E-state index contributed by atoms with van der Waals surface area (Å²) >= 11 is 7.90. The highest BCUT2D eigenvalue weighted by atomic mass is 35.5. The molecule has 3 unspecified atom stereocenters. The van der Waals surface area contributed by atoms with Crippen LogP contribution in [0.5, 0.6) is 0 Å². The Morgan fingerprint density at radius 2 is 1.78 bits per heavy atom. The van der Waals surface area contributed by atoms with E-state index >= 15 is 0 Å². The molecule has 0 aliphatic carbocycles. The van der Waals surface area contributed by atoms with Gasteiger partial charge < -0.3 is 0 Å². The number of piperidine rings is 1. The average Bonchev–Trinajstić information content (AvgIpc) is 3.26. The zero-order valence-corrected chi connectivity index (χ0v) is 16.8. The van der Waals surface area contributed by atoms with Crippen LogP contribution >= 0.6 is 22.9 Å². The summed E-state index contributed by atoms with van der Waals surface area (Å²) in [6.07, 6.45) is 3.71. The molecule has 2 aromatic carbocycles. The lowest BCUT2D eigenvalue weighted by Gasteiger charge is -2.42. The molecule has 0 radical (unpaired) electrons. The fraction of sp³-hybridized carbons (Fsp3) is 0.364. The van der Waals surface area contributed by atoms with Gasteiger partial charge in [-0.05, 0) is 49.9 Å². The van der Waals surface area contributed by atoms with Crippen LogP contribution in [0.15, 0.2) is 54.6 Å². The summed E-state index contributed by atoms with van der Waals surface area (Å²) < 4.78 is 0. The molecule has 3 nitrogen and oxygen atoms in total. The lowest BCUT2D eigenvalue weighted by molar-refractivity contribution is 0.137. The lowest BCUT2D eigenvalue weighted by atomic mass is 9.76. The zero-order chi connectivity index (χ0) is 18.4. The Bertz CT molecular complexity index is 924. The fourth-order valence-electron chi connectivity index (χ4n) is 4.92. The molecule has 5 rings (SSSR count). The number of hydrogen-bond acceptors (Lipinski definition) is 4. The topological polar surface area (TPSA) is 29.0 Å². The largest absolute Gasteiger partial charge is 0.300 e. The van der Waals surface area contributed by atoms with E-state index in [1.165, 1.54) is 29.8 Å². The van der Waals surface area contributed by atoms with Gasteiger partial charge in [-0.25, -0.2) is 0 Å². The highest BCUT2D eigenvalue weighted by Crippen LogP contribution is 2.51. The molecule has 2 aliphatic heterocycles. The van der Waals surface area contributed by atoms with Gasteiger partial charge in [-0.15, -0.1) is 10.2 Å². The first-order valence-corrected chi connectivity index (χ1v) is 10.8. The second kappa shape index (κ2) is 7.01. The van der Waals surface area contributed by atoms with Gasteiger partial charge in [0, 0.05) is 28.6 Å². The van der Waals surface area contributed by atoms with Crippen molar-refractivity contribution in [2.45, 2.75) is 43.2 Å². The number of likely N-dealkylation sites (N-methyl/N-ethyl adjacent to an activating group) is 1. The van der Waals surface area contributed by atoms with Crippen LogP contribution in [0.2, 0.25) is 5.02 Å². The van der Waals surface area contributed by atoms with Crippen LogP contribution in [-0.2, 0) is 0 Å². The Labute approximate surface area is 169 Å². The Balaban J connectivity index is 1.54. The highest BCUT2D eigenvalue weighted by molar-refractivity contribution is 7.14. The summed E-state index contributed by atoms with van der Waals surface area (Å²) in [6.45, 7) is 0. The van der Waals surface area contributed by atoms with Gasteiger partial charge in [0.1, 0.15) is 10.0 Å². The molecule has 138 valence electrons. The molecule has 5 heteroatoms. The van der Waals surface area contributed by atoms with Crippen LogP contribution in [-0.4, -0.2) is 34.2 Å². The van der Waals surface area contributed by atoms with Crippen molar-refractivity contribution in [3.63, 3.8) is 0 Å². The molecule has 2 bridgehead atoms. The summed E-state index contributed by atoms with van der Waals surface area (Å²) in [5.41, 5.74) is 2.53. The minimum absolute atomic E-state index is 0.393. The summed E-state index contributed by atoms with van der Waals surface area (Å²) in [5, 5.41) is 12.2.